The second-order valence-corrected chi connectivity index (χ2v) is 8.61. The molecule has 0 atom stereocenters. The van der Waals surface area contributed by atoms with Gasteiger partial charge >= 0.3 is 0 Å². The van der Waals surface area contributed by atoms with Gasteiger partial charge in [-0.25, -0.2) is 0 Å². The minimum Gasteiger partial charge on any atom is -0.300 e. The molecular formula is C19H20N6OS2. The van der Waals surface area contributed by atoms with Crippen LogP contribution in [-0.4, -0.2) is 36.5 Å². The maximum atomic E-state index is 12.3. The number of anilines is 1. The summed E-state index contributed by atoms with van der Waals surface area (Å²) in [5, 5.41) is 22.8. The SMILES string of the molecule is CCc1nnc(NC(=O)CSc2nnc3c(C)cc4ccc(C)c(C)c4n23)s1. The Morgan fingerprint density at radius 1 is 1.14 bits per heavy atom. The van der Waals surface area contributed by atoms with E-state index in [1.165, 1.54) is 34.2 Å². The number of fused-ring (bicyclic) bond motifs is 3. The van der Waals surface area contributed by atoms with E-state index in [2.05, 4.69) is 62.2 Å². The van der Waals surface area contributed by atoms with Crippen LogP contribution in [0, 0.1) is 20.8 Å². The van der Waals surface area contributed by atoms with Crippen LogP contribution in [0.3, 0.4) is 0 Å². The summed E-state index contributed by atoms with van der Waals surface area (Å²) >= 11 is 2.77. The highest BCUT2D eigenvalue weighted by Crippen LogP contribution is 2.29. The zero-order valence-electron chi connectivity index (χ0n) is 16.1. The molecule has 9 heteroatoms. The Hall–Kier alpha value is -2.52. The van der Waals surface area contributed by atoms with Crippen molar-refractivity contribution in [3.8, 4) is 0 Å². The van der Waals surface area contributed by atoms with E-state index in [9.17, 15) is 4.79 Å². The van der Waals surface area contributed by atoms with Crippen LogP contribution in [0.1, 0.15) is 28.6 Å². The third kappa shape index (κ3) is 3.35. The average Bonchev–Trinajstić information content (AvgIpc) is 3.30. The highest BCUT2D eigenvalue weighted by molar-refractivity contribution is 7.99. The van der Waals surface area contributed by atoms with Gasteiger partial charge in [0.2, 0.25) is 11.0 Å². The minimum absolute atomic E-state index is 0.134. The first-order chi connectivity index (χ1) is 13.5. The summed E-state index contributed by atoms with van der Waals surface area (Å²) in [4.78, 5) is 12.3. The Labute approximate surface area is 170 Å². The molecule has 144 valence electrons. The molecule has 28 heavy (non-hydrogen) atoms. The van der Waals surface area contributed by atoms with Crippen molar-refractivity contribution in [1.29, 1.82) is 0 Å². The van der Waals surface area contributed by atoms with Crippen molar-refractivity contribution >= 4 is 50.7 Å². The monoisotopic (exact) mass is 412 g/mol. The van der Waals surface area contributed by atoms with Gasteiger partial charge in [-0.2, -0.15) is 0 Å². The maximum absolute atomic E-state index is 12.3. The molecule has 0 bridgehead atoms. The van der Waals surface area contributed by atoms with Gasteiger partial charge in [-0.1, -0.05) is 42.2 Å². The minimum atomic E-state index is -0.134. The van der Waals surface area contributed by atoms with Gasteiger partial charge in [-0.05, 0) is 55.3 Å². The lowest BCUT2D eigenvalue weighted by atomic mass is 10.0. The molecule has 0 unspecified atom stereocenters. The number of rotatable bonds is 5. The topological polar surface area (TPSA) is 85.1 Å². The number of aryl methyl sites for hydroxylation is 4. The number of amides is 1. The van der Waals surface area contributed by atoms with Gasteiger partial charge in [0.05, 0.1) is 11.3 Å². The number of carbonyl (C=O) groups is 1. The van der Waals surface area contributed by atoms with Crippen molar-refractivity contribution in [2.45, 2.75) is 39.3 Å². The molecule has 0 aliphatic rings. The van der Waals surface area contributed by atoms with E-state index < -0.39 is 0 Å². The van der Waals surface area contributed by atoms with Crippen molar-refractivity contribution in [1.82, 2.24) is 24.8 Å². The van der Waals surface area contributed by atoms with E-state index in [0.717, 1.165) is 33.5 Å². The Bertz CT molecular complexity index is 1200. The molecule has 1 N–H and O–H groups in total. The highest BCUT2D eigenvalue weighted by Gasteiger charge is 2.16. The zero-order chi connectivity index (χ0) is 19.8. The average molecular weight is 413 g/mol. The number of hydrogen-bond donors (Lipinski definition) is 1. The molecule has 0 spiro atoms. The fourth-order valence-electron chi connectivity index (χ4n) is 3.09. The van der Waals surface area contributed by atoms with Crippen LogP contribution in [0.4, 0.5) is 5.13 Å². The molecule has 0 aliphatic heterocycles. The first kappa shape index (κ1) is 18.8. The van der Waals surface area contributed by atoms with Crippen LogP contribution in [-0.2, 0) is 11.2 Å². The molecule has 0 saturated heterocycles. The zero-order valence-corrected chi connectivity index (χ0v) is 17.7. The summed E-state index contributed by atoms with van der Waals surface area (Å²) in [7, 11) is 0. The number of nitrogens with one attached hydrogen (secondary N) is 1. The molecule has 0 fully saturated rings. The van der Waals surface area contributed by atoms with E-state index >= 15 is 0 Å². The Kier molecular flexibility index (Phi) is 5.03. The molecule has 0 aliphatic carbocycles. The highest BCUT2D eigenvalue weighted by atomic mass is 32.2. The van der Waals surface area contributed by atoms with Gasteiger partial charge in [-0.3, -0.25) is 14.5 Å². The van der Waals surface area contributed by atoms with Crippen molar-refractivity contribution in [2.24, 2.45) is 0 Å². The van der Waals surface area contributed by atoms with Crippen LogP contribution < -0.4 is 5.32 Å². The van der Waals surface area contributed by atoms with Gasteiger partial charge < -0.3 is 0 Å². The molecule has 1 amide bonds. The van der Waals surface area contributed by atoms with Crippen molar-refractivity contribution in [2.75, 3.05) is 11.1 Å². The Balaban J connectivity index is 1.64. The number of carbonyl (C=O) groups excluding carboxylic acids is 1. The first-order valence-electron chi connectivity index (χ1n) is 8.97. The van der Waals surface area contributed by atoms with Gasteiger partial charge in [0.15, 0.2) is 10.8 Å². The lowest BCUT2D eigenvalue weighted by Crippen LogP contribution is -2.14. The number of hydrogen-bond acceptors (Lipinski definition) is 7. The fraction of sp³-hybridized carbons (Fsp3) is 0.316. The van der Waals surface area contributed by atoms with Gasteiger partial charge in [-0.15, -0.1) is 20.4 Å². The summed E-state index contributed by atoms with van der Waals surface area (Å²) in [6.07, 6.45) is 0.805. The molecule has 0 saturated carbocycles. The number of nitrogens with zero attached hydrogens (tertiary/aromatic N) is 5. The number of thioether (sulfide) groups is 1. The number of benzene rings is 1. The van der Waals surface area contributed by atoms with Crippen molar-refractivity contribution < 1.29 is 4.79 Å². The van der Waals surface area contributed by atoms with Crippen molar-refractivity contribution in [3.05, 3.63) is 39.9 Å². The Morgan fingerprint density at radius 2 is 1.96 bits per heavy atom. The van der Waals surface area contributed by atoms with Crippen LogP contribution in [0.2, 0.25) is 0 Å². The predicted molar refractivity (Wildman–Crippen MR) is 113 cm³/mol. The third-order valence-corrected chi connectivity index (χ3v) is 6.57. The van der Waals surface area contributed by atoms with Gasteiger partial charge in [0.25, 0.3) is 0 Å². The van der Waals surface area contributed by atoms with E-state index in [1.54, 1.807) is 0 Å². The van der Waals surface area contributed by atoms with Crippen LogP contribution in [0.25, 0.3) is 16.6 Å². The molecule has 0 radical (unpaired) electrons. The summed E-state index contributed by atoms with van der Waals surface area (Å²) in [6.45, 7) is 8.24. The van der Waals surface area contributed by atoms with Crippen LogP contribution in [0.15, 0.2) is 23.4 Å². The lowest BCUT2D eigenvalue weighted by molar-refractivity contribution is -0.113. The van der Waals surface area contributed by atoms with Gasteiger partial charge in [0.1, 0.15) is 5.01 Å². The van der Waals surface area contributed by atoms with Crippen LogP contribution in [0.5, 0.6) is 0 Å². The molecule has 4 rings (SSSR count). The fourth-order valence-corrected chi connectivity index (χ4v) is 4.52. The van der Waals surface area contributed by atoms with E-state index in [1.807, 2.05) is 13.8 Å². The molecule has 3 heterocycles. The summed E-state index contributed by atoms with van der Waals surface area (Å²) < 4.78 is 2.06. The standard InChI is InChI=1S/C19H20N6OS2/c1-5-15-21-23-18(28-15)20-14(26)9-27-19-24-22-17-11(3)8-13-7-6-10(2)12(4)16(13)25(17)19/h6-8H,5,9H2,1-4H3,(H,20,23,26). The summed E-state index contributed by atoms with van der Waals surface area (Å²) in [5.74, 6) is 0.0905. The molecular weight excluding hydrogens is 392 g/mol. The summed E-state index contributed by atoms with van der Waals surface area (Å²) in [6, 6.07) is 6.37. The van der Waals surface area contributed by atoms with Crippen LogP contribution >= 0.6 is 23.1 Å². The van der Waals surface area contributed by atoms with E-state index in [0.29, 0.717) is 10.3 Å². The first-order valence-corrected chi connectivity index (χ1v) is 10.8. The third-order valence-electron chi connectivity index (χ3n) is 4.66. The predicted octanol–water partition coefficient (Wildman–Crippen LogP) is 3.95. The number of aromatic nitrogens is 5. The van der Waals surface area contributed by atoms with Gasteiger partial charge in [0, 0.05) is 0 Å². The number of pyridine rings is 1. The molecule has 7 nitrogen and oxygen atoms in total. The Morgan fingerprint density at radius 3 is 2.71 bits per heavy atom. The van der Waals surface area contributed by atoms with E-state index in [-0.39, 0.29) is 11.7 Å². The second-order valence-electron chi connectivity index (χ2n) is 6.61. The largest absolute Gasteiger partial charge is 0.300 e. The molecule has 4 aromatic rings. The molecule has 1 aromatic carbocycles. The second kappa shape index (κ2) is 7.48. The quantitative estimate of drug-likeness (QED) is 0.500. The smallest absolute Gasteiger partial charge is 0.236 e. The van der Waals surface area contributed by atoms with Crippen molar-refractivity contribution in [3.63, 3.8) is 0 Å². The maximum Gasteiger partial charge on any atom is 0.236 e. The summed E-state index contributed by atoms with van der Waals surface area (Å²) in [5.41, 5.74) is 5.36. The molecule has 3 aromatic heterocycles. The lowest BCUT2D eigenvalue weighted by Gasteiger charge is -2.11. The normalized spacial score (nSPS) is 11.4. The van der Waals surface area contributed by atoms with E-state index in [4.69, 9.17) is 0 Å².